The number of hydrogen-bond acceptors (Lipinski definition) is 1. The van der Waals surface area contributed by atoms with Gasteiger partial charge in [0.2, 0.25) is 0 Å². The van der Waals surface area contributed by atoms with Crippen LogP contribution in [0.4, 0.5) is 0 Å². The predicted molar refractivity (Wildman–Crippen MR) is 89.5 cm³/mol. The second-order valence-corrected chi connectivity index (χ2v) is 6.82. The number of rotatable bonds is 11. The first-order chi connectivity index (χ1) is 9.24. The Labute approximate surface area is 134 Å². The summed E-state index contributed by atoms with van der Waals surface area (Å²) in [7, 11) is 0. The molecule has 0 N–H and O–H groups in total. The Morgan fingerprint density at radius 1 is 0.895 bits per heavy atom. The minimum absolute atomic E-state index is 0.909. The number of aryl methyl sites for hydroxylation is 1. The van der Waals surface area contributed by atoms with Gasteiger partial charge in [-0.3, -0.25) is 4.68 Å². The molecule has 0 spiro atoms. The van der Waals surface area contributed by atoms with Crippen molar-refractivity contribution in [2.24, 2.45) is 0 Å². The third-order valence-corrected chi connectivity index (χ3v) is 4.45. The zero-order chi connectivity index (χ0) is 13.9. The minimum atomic E-state index is 0.909. The Morgan fingerprint density at radius 3 is 1.89 bits per heavy atom. The molecule has 0 bridgehead atoms. The SMILES string of the molecule is CCCCCCCCCCCCn1nc(Br)cc1Br. The largest absolute Gasteiger partial charge is 0.257 e. The maximum atomic E-state index is 4.37. The molecular weight excluding hydrogens is 368 g/mol. The van der Waals surface area contributed by atoms with E-state index in [9.17, 15) is 0 Å². The molecule has 4 heteroatoms. The van der Waals surface area contributed by atoms with Crippen LogP contribution in [0.2, 0.25) is 0 Å². The Kier molecular flexibility index (Phi) is 9.88. The maximum Gasteiger partial charge on any atom is 0.129 e. The van der Waals surface area contributed by atoms with E-state index in [0.717, 1.165) is 15.8 Å². The lowest BCUT2D eigenvalue weighted by Crippen LogP contribution is -2.00. The normalized spacial score (nSPS) is 11.1. The molecule has 0 aliphatic heterocycles. The standard InChI is InChI=1S/C15H26Br2N2/c1-2-3-4-5-6-7-8-9-10-11-12-19-15(17)13-14(16)18-19/h13H,2-12H2,1H3. The van der Waals surface area contributed by atoms with Crippen LogP contribution in [0.25, 0.3) is 0 Å². The molecular formula is C15H26Br2N2. The van der Waals surface area contributed by atoms with Crippen LogP contribution in [-0.2, 0) is 6.54 Å². The van der Waals surface area contributed by atoms with Crippen LogP contribution in [-0.4, -0.2) is 9.78 Å². The van der Waals surface area contributed by atoms with Crippen molar-refractivity contribution < 1.29 is 0 Å². The van der Waals surface area contributed by atoms with Gasteiger partial charge in [0, 0.05) is 12.6 Å². The highest BCUT2D eigenvalue weighted by molar-refractivity contribution is 9.11. The first-order valence-corrected chi connectivity index (χ1v) is 9.21. The Balaban J connectivity index is 1.90. The summed E-state index contributed by atoms with van der Waals surface area (Å²) >= 11 is 6.90. The predicted octanol–water partition coefficient (Wildman–Crippen LogP) is 6.33. The van der Waals surface area contributed by atoms with Crippen molar-refractivity contribution >= 4 is 31.9 Å². The van der Waals surface area contributed by atoms with E-state index < -0.39 is 0 Å². The van der Waals surface area contributed by atoms with E-state index in [0.29, 0.717) is 0 Å². The number of unbranched alkanes of at least 4 members (excludes halogenated alkanes) is 9. The summed E-state index contributed by atoms with van der Waals surface area (Å²) in [4.78, 5) is 0. The second kappa shape index (κ2) is 10.9. The van der Waals surface area contributed by atoms with Gasteiger partial charge in [-0.05, 0) is 38.3 Å². The zero-order valence-electron chi connectivity index (χ0n) is 12.0. The van der Waals surface area contributed by atoms with Crippen LogP contribution < -0.4 is 0 Å². The van der Waals surface area contributed by atoms with E-state index in [2.05, 4.69) is 43.9 Å². The second-order valence-electron chi connectivity index (χ2n) is 5.19. The molecule has 0 aliphatic rings. The topological polar surface area (TPSA) is 17.8 Å². The van der Waals surface area contributed by atoms with Gasteiger partial charge in [-0.1, -0.05) is 64.7 Å². The molecule has 0 saturated heterocycles. The first kappa shape index (κ1) is 17.2. The van der Waals surface area contributed by atoms with E-state index in [-0.39, 0.29) is 0 Å². The van der Waals surface area contributed by atoms with Gasteiger partial charge in [0.05, 0.1) is 0 Å². The summed E-state index contributed by atoms with van der Waals surface area (Å²) < 4.78 is 4.00. The van der Waals surface area contributed by atoms with Gasteiger partial charge < -0.3 is 0 Å². The average molecular weight is 394 g/mol. The smallest absolute Gasteiger partial charge is 0.129 e. The molecule has 1 aromatic heterocycles. The molecule has 0 aromatic carbocycles. The zero-order valence-corrected chi connectivity index (χ0v) is 15.2. The van der Waals surface area contributed by atoms with Gasteiger partial charge in [0.15, 0.2) is 0 Å². The molecule has 0 amide bonds. The lowest BCUT2D eigenvalue weighted by atomic mass is 10.1. The lowest BCUT2D eigenvalue weighted by molar-refractivity contribution is 0.510. The van der Waals surface area contributed by atoms with Gasteiger partial charge in [-0.2, -0.15) is 5.10 Å². The van der Waals surface area contributed by atoms with Crippen molar-refractivity contribution in [1.82, 2.24) is 9.78 Å². The summed E-state index contributed by atoms with van der Waals surface area (Å²) in [6, 6.07) is 2.00. The van der Waals surface area contributed by atoms with Crippen LogP contribution in [0.15, 0.2) is 15.3 Å². The molecule has 110 valence electrons. The molecule has 0 radical (unpaired) electrons. The molecule has 1 heterocycles. The van der Waals surface area contributed by atoms with E-state index in [1.807, 2.05) is 10.7 Å². The summed E-state index contributed by atoms with van der Waals surface area (Å²) in [5, 5.41) is 4.37. The minimum Gasteiger partial charge on any atom is -0.257 e. The van der Waals surface area contributed by atoms with Gasteiger partial charge in [0.25, 0.3) is 0 Å². The number of aromatic nitrogens is 2. The molecule has 0 unspecified atom stereocenters. The third kappa shape index (κ3) is 8.13. The average Bonchev–Trinajstić information content (AvgIpc) is 2.70. The monoisotopic (exact) mass is 392 g/mol. The van der Waals surface area contributed by atoms with Crippen molar-refractivity contribution in [1.29, 1.82) is 0 Å². The highest BCUT2D eigenvalue weighted by Crippen LogP contribution is 2.17. The molecule has 19 heavy (non-hydrogen) atoms. The molecule has 0 atom stereocenters. The first-order valence-electron chi connectivity index (χ1n) is 7.63. The molecule has 2 nitrogen and oxygen atoms in total. The van der Waals surface area contributed by atoms with Gasteiger partial charge >= 0.3 is 0 Å². The molecule has 1 rings (SSSR count). The van der Waals surface area contributed by atoms with Crippen molar-refractivity contribution in [2.75, 3.05) is 0 Å². The van der Waals surface area contributed by atoms with Gasteiger partial charge in [-0.15, -0.1) is 0 Å². The van der Waals surface area contributed by atoms with Crippen molar-refractivity contribution in [3.8, 4) is 0 Å². The molecule has 0 aliphatic carbocycles. The number of halogens is 2. The Bertz CT molecular complexity index is 337. The maximum absolute atomic E-state index is 4.37. The quantitative estimate of drug-likeness (QED) is 0.401. The fraction of sp³-hybridized carbons (Fsp3) is 0.800. The van der Waals surface area contributed by atoms with E-state index in [1.54, 1.807) is 0 Å². The Hall–Kier alpha value is 0.170. The third-order valence-electron chi connectivity index (χ3n) is 3.42. The fourth-order valence-electron chi connectivity index (χ4n) is 2.27. The summed E-state index contributed by atoms with van der Waals surface area (Å²) in [5.74, 6) is 0. The number of hydrogen-bond donors (Lipinski definition) is 0. The number of nitrogens with zero attached hydrogens (tertiary/aromatic N) is 2. The van der Waals surface area contributed by atoms with E-state index >= 15 is 0 Å². The van der Waals surface area contributed by atoms with E-state index in [1.165, 1.54) is 64.2 Å². The van der Waals surface area contributed by atoms with Crippen LogP contribution in [0.5, 0.6) is 0 Å². The summed E-state index contributed by atoms with van der Waals surface area (Å²) in [6.07, 6.45) is 13.8. The summed E-state index contributed by atoms with van der Waals surface area (Å²) in [5.41, 5.74) is 0. The molecule has 0 saturated carbocycles. The van der Waals surface area contributed by atoms with Gasteiger partial charge in [0.1, 0.15) is 9.21 Å². The fourth-order valence-corrected chi connectivity index (χ4v) is 3.46. The highest BCUT2D eigenvalue weighted by atomic mass is 79.9. The van der Waals surface area contributed by atoms with Crippen LogP contribution >= 0.6 is 31.9 Å². The van der Waals surface area contributed by atoms with Gasteiger partial charge in [-0.25, -0.2) is 0 Å². The molecule has 0 fully saturated rings. The molecule has 1 aromatic rings. The van der Waals surface area contributed by atoms with E-state index in [4.69, 9.17) is 0 Å². The summed E-state index contributed by atoms with van der Waals surface area (Å²) in [6.45, 7) is 3.29. The van der Waals surface area contributed by atoms with Crippen molar-refractivity contribution in [3.63, 3.8) is 0 Å². The van der Waals surface area contributed by atoms with Crippen LogP contribution in [0.3, 0.4) is 0 Å². The van der Waals surface area contributed by atoms with Crippen molar-refractivity contribution in [2.45, 2.75) is 77.7 Å². The lowest BCUT2D eigenvalue weighted by Gasteiger charge is -2.04. The van der Waals surface area contributed by atoms with Crippen molar-refractivity contribution in [3.05, 3.63) is 15.3 Å². The van der Waals surface area contributed by atoms with Crippen LogP contribution in [0.1, 0.15) is 71.1 Å². The van der Waals surface area contributed by atoms with Crippen LogP contribution in [0, 0.1) is 0 Å². The highest BCUT2D eigenvalue weighted by Gasteiger charge is 2.02. The Morgan fingerprint density at radius 2 is 1.42 bits per heavy atom.